The van der Waals surface area contributed by atoms with E-state index in [9.17, 15) is 0 Å². The Labute approximate surface area is 115 Å². The van der Waals surface area contributed by atoms with E-state index in [0.717, 1.165) is 13.0 Å². The monoisotopic (exact) mass is 264 g/mol. The average Bonchev–Trinajstić information content (AvgIpc) is 2.27. The summed E-state index contributed by atoms with van der Waals surface area (Å²) < 4.78 is 0. The largest absolute Gasteiger partial charge is 0.326 e. The van der Waals surface area contributed by atoms with E-state index in [2.05, 4.69) is 44.0 Å². The second-order valence-electron chi connectivity index (χ2n) is 5.49. The molecule has 2 unspecified atom stereocenters. The van der Waals surface area contributed by atoms with Crippen LogP contribution in [0.15, 0.2) is 18.2 Å². The normalized spacial score (nSPS) is 23.0. The van der Waals surface area contributed by atoms with E-state index in [4.69, 9.17) is 5.73 Å². The van der Waals surface area contributed by atoms with Crippen molar-refractivity contribution in [3.63, 3.8) is 0 Å². The number of thioether (sulfide) groups is 1. The molecule has 100 valence electrons. The van der Waals surface area contributed by atoms with Crippen LogP contribution in [0, 0.1) is 13.8 Å². The fraction of sp³-hybridized carbons (Fsp3) is 0.600. The van der Waals surface area contributed by atoms with Gasteiger partial charge in [0.15, 0.2) is 0 Å². The van der Waals surface area contributed by atoms with Gasteiger partial charge >= 0.3 is 0 Å². The van der Waals surface area contributed by atoms with E-state index in [1.807, 2.05) is 11.8 Å². The zero-order chi connectivity index (χ0) is 13.1. The zero-order valence-electron chi connectivity index (χ0n) is 11.6. The minimum absolute atomic E-state index is 0.240. The van der Waals surface area contributed by atoms with Gasteiger partial charge in [0.05, 0.1) is 0 Å². The number of nitrogens with zero attached hydrogens (tertiary/aromatic N) is 1. The third-order valence-electron chi connectivity index (χ3n) is 3.69. The molecule has 1 aromatic carbocycles. The number of aryl methyl sites for hydroxylation is 2. The third kappa shape index (κ3) is 3.50. The summed E-state index contributed by atoms with van der Waals surface area (Å²) in [6.45, 7) is 5.48. The van der Waals surface area contributed by atoms with Crippen LogP contribution < -0.4 is 5.73 Å². The summed E-state index contributed by atoms with van der Waals surface area (Å²) in [5.41, 5.74) is 10.5. The van der Waals surface area contributed by atoms with Crippen LogP contribution in [0.2, 0.25) is 0 Å². The zero-order valence-corrected chi connectivity index (χ0v) is 12.5. The second-order valence-corrected chi connectivity index (χ2v) is 6.64. The Morgan fingerprint density at radius 3 is 2.61 bits per heavy atom. The van der Waals surface area contributed by atoms with Crippen molar-refractivity contribution in [3.8, 4) is 0 Å². The molecule has 0 bridgehead atoms. The van der Waals surface area contributed by atoms with Crippen LogP contribution in [0.3, 0.4) is 0 Å². The van der Waals surface area contributed by atoms with Crippen molar-refractivity contribution >= 4 is 11.8 Å². The number of hydrogen-bond acceptors (Lipinski definition) is 3. The Hall–Kier alpha value is -0.510. The van der Waals surface area contributed by atoms with E-state index in [0.29, 0.717) is 6.04 Å². The van der Waals surface area contributed by atoms with Crippen molar-refractivity contribution < 1.29 is 0 Å². The van der Waals surface area contributed by atoms with Crippen molar-refractivity contribution in [3.05, 3.63) is 34.9 Å². The first-order valence-corrected chi connectivity index (χ1v) is 7.82. The molecule has 1 aromatic rings. The SMILES string of the molecule is Cc1cc(C)cc(CC(N)C2CSCCN2C)c1. The first kappa shape index (κ1) is 13.9. The van der Waals surface area contributed by atoms with E-state index in [-0.39, 0.29) is 6.04 Å². The minimum atomic E-state index is 0.240. The molecule has 1 saturated heterocycles. The highest BCUT2D eigenvalue weighted by Gasteiger charge is 2.25. The molecular weight excluding hydrogens is 240 g/mol. The van der Waals surface area contributed by atoms with E-state index in [1.165, 1.54) is 28.2 Å². The van der Waals surface area contributed by atoms with Gasteiger partial charge in [-0.1, -0.05) is 29.3 Å². The standard InChI is InChI=1S/C15H24N2S/c1-11-6-12(2)8-13(7-11)9-14(16)15-10-18-5-4-17(15)3/h6-8,14-15H,4-5,9-10,16H2,1-3H3. The molecule has 0 amide bonds. The Bertz CT molecular complexity index is 385. The van der Waals surface area contributed by atoms with Gasteiger partial charge in [0.2, 0.25) is 0 Å². The first-order valence-electron chi connectivity index (χ1n) is 6.67. The Morgan fingerprint density at radius 1 is 1.33 bits per heavy atom. The van der Waals surface area contributed by atoms with Gasteiger partial charge in [0.25, 0.3) is 0 Å². The molecule has 1 aliphatic rings. The predicted molar refractivity (Wildman–Crippen MR) is 81.3 cm³/mol. The van der Waals surface area contributed by atoms with Crippen molar-refractivity contribution in [2.75, 3.05) is 25.1 Å². The molecule has 3 heteroatoms. The van der Waals surface area contributed by atoms with Gasteiger partial charge in [0.1, 0.15) is 0 Å². The molecule has 2 nitrogen and oxygen atoms in total. The Kier molecular flexibility index (Phi) is 4.71. The summed E-state index contributed by atoms with van der Waals surface area (Å²) in [6, 6.07) is 7.51. The van der Waals surface area contributed by atoms with Gasteiger partial charge in [-0.2, -0.15) is 11.8 Å². The van der Waals surface area contributed by atoms with Gasteiger partial charge in [-0.25, -0.2) is 0 Å². The lowest BCUT2D eigenvalue weighted by atomic mass is 9.97. The van der Waals surface area contributed by atoms with E-state index in [1.54, 1.807) is 0 Å². The van der Waals surface area contributed by atoms with Crippen LogP contribution in [0.4, 0.5) is 0 Å². The van der Waals surface area contributed by atoms with Crippen LogP contribution >= 0.6 is 11.8 Å². The van der Waals surface area contributed by atoms with Gasteiger partial charge in [-0.3, -0.25) is 0 Å². The number of benzene rings is 1. The molecule has 0 radical (unpaired) electrons. The highest BCUT2D eigenvalue weighted by molar-refractivity contribution is 7.99. The summed E-state index contributed by atoms with van der Waals surface area (Å²) in [5.74, 6) is 2.41. The number of nitrogens with two attached hydrogens (primary N) is 1. The molecule has 1 heterocycles. The summed E-state index contributed by atoms with van der Waals surface area (Å²) in [5, 5.41) is 0. The molecule has 2 N–H and O–H groups in total. The van der Waals surface area contributed by atoms with Crippen LogP contribution in [0.25, 0.3) is 0 Å². The van der Waals surface area contributed by atoms with Crippen molar-refractivity contribution in [2.45, 2.75) is 32.4 Å². The molecule has 0 spiro atoms. The van der Waals surface area contributed by atoms with E-state index < -0.39 is 0 Å². The Balaban J connectivity index is 2.03. The molecule has 0 saturated carbocycles. The summed E-state index contributed by atoms with van der Waals surface area (Å²) in [6.07, 6.45) is 0.984. The lowest BCUT2D eigenvalue weighted by Gasteiger charge is -2.36. The van der Waals surface area contributed by atoms with E-state index >= 15 is 0 Å². The van der Waals surface area contributed by atoms with Gasteiger partial charge in [-0.05, 0) is 32.9 Å². The number of likely N-dealkylation sites (N-methyl/N-ethyl adjacent to an activating group) is 1. The molecule has 2 rings (SSSR count). The van der Waals surface area contributed by atoms with Crippen LogP contribution in [-0.2, 0) is 6.42 Å². The molecular formula is C15H24N2S. The molecule has 0 aromatic heterocycles. The fourth-order valence-electron chi connectivity index (χ4n) is 2.75. The summed E-state index contributed by atoms with van der Waals surface area (Å²) in [7, 11) is 2.20. The van der Waals surface area contributed by atoms with Crippen LogP contribution in [0.1, 0.15) is 16.7 Å². The highest BCUT2D eigenvalue weighted by atomic mass is 32.2. The molecule has 18 heavy (non-hydrogen) atoms. The summed E-state index contributed by atoms with van der Waals surface area (Å²) in [4.78, 5) is 2.42. The van der Waals surface area contributed by atoms with Crippen LogP contribution in [-0.4, -0.2) is 42.1 Å². The van der Waals surface area contributed by atoms with Gasteiger partial charge in [0, 0.05) is 30.1 Å². The molecule has 1 aliphatic heterocycles. The molecule has 1 fully saturated rings. The van der Waals surface area contributed by atoms with Crippen molar-refractivity contribution in [1.82, 2.24) is 4.90 Å². The minimum Gasteiger partial charge on any atom is -0.326 e. The fourth-order valence-corrected chi connectivity index (χ4v) is 4.08. The first-order chi connectivity index (χ1) is 8.56. The van der Waals surface area contributed by atoms with Gasteiger partial charge < -0.3 is 10.6 Å². The Morgan fingerprint density at radius 2 is 2.00 bits per heavy atom. The quantitative estimate of drug-likeness (QED) is 0.908. The smallest absolute Gasteiger partial charge is 0.0338 e. The predicted octanol–water partition coefficient (Wildman–Crippen LogP) is 2.22. The summed E-state index contributed by atoms with van der Waals surface area (Å²) >= 11 is 2.03. The van der Waals surface area contributed by atoms with Crippen molar-refractivity contribution in [2.24, 2.45) is 5.73 Å². The van der Waals surface area contributed by atoms with Crippen molar-refractivity contribution in [1.29, 1.82) is 0 Å². The van der Waals surface area contributed by atoms with Crippen LogP contribution in [0.5, 0.6) is 0 Å². The molecule has 2 atom stereocenters. The highest BCUT2D eigenvalue weighted by Crippen LogP contribution is 2.19. The maximum Gasteiger partial charge on any atom is 0.0338 e. The average molecular weight is 264 g/mol. The topological polar surface area (TPSA) is 29.3 Å². The maximum absolute atomic E-state index is 6.42. The maximum atomic E-state index is 6.42. The number of hydrogen-bond donors (Lipinski definition) is 1. The lowest BCUT2D eigenvalue weighted by molar-refractivity contribution is 0.235. The number of rotatable bonds is 3. The second kappa shape index (κ2) is 6.09. The lowest BCUT2D eigenvalue weighted by Crippen LogP contribution is -2.51. The van der Waals surface area contributed by atoms with Gasteiger partial charge in [-0.15, -0.1) is 0 Å². The molecule has 0 aliphatic carbocycles. The third-order valence-corrected chi connectivity index (χ3v) is 4.74.